The first kappa shape index (κ1) is 33.2. The van der Waals surface area contributed by atoms with Crippen LogP contribution in [0.25, 0.3) is 10.9 Å². The van der Waals surface area contributed by atoms with Crippen LogP contribution in [0.5, 0.6) is 0 Å². The number of aromatic amines is 1. The molecule has 1 unspecified atom stereocenters. The van der Waals surface area contributed by atoms with Gasteiger partial charge in [-0.15, -0.1) is 0 Å². The van der Waals surface area contributed by atoms with E-state index in [1.807, 2.05) is 26.0 Å². The number of rotatable bonds is 12. The van der Waals surface area contributed by atoms with Gasteiger partial charge in [0.15, 0.2) is 0 Å². The number of amides is 1. The smallest absolute Gasteiger partial charge is 0.478 e. The number of hydrogen-bond donors (Lipinski definition) is 5. The molecule has 0 saturated carbocycles. The number of carbonyl (C=O) groups is 3. The standard InChI is InChI=1S/C24H28N6O5.C2HF3O2/c1-16(2)14-35-23(34)29-24(22(32)33,27-15-31)19(6-5-11-26-21-7-3-4-10-25-21)17-8-9-20-18(12-17)13-28-30-20;3-2(4,5)1(6)7/h3-4,7-10,12-13,16,19H,5-6,11,14H2,1-2H3,(H,25,26)(H,28,30)(H,29,34)(H,32,33);(H,6,7)/t19?,24-;/m1./s1. The minimum atomic E-state index is -5.08. The first-order valence-electron chi connectivity index (χ1n) is 12.5. The number of hydrogen-bond acceptors (Lipinski definition) is 9. The van der Waals surface area contributed by atoms with E-state index in [4.69, 9.17) is 14.6 Å². The van der Waals surface area contributed by atoms with Crippen molar-refractivity contribution >= 4 is 40.8 Å². The monoisotopic (exact) mass is 594 g/mol. The Kier molecular flexibility index (Phi) is 12.0. The van der Waals surface area contributed by atoms with Crippen LogP contribution < -0.4 is 10.6 Å². The van der Waals surface area contributed by atoms with Crippen LogP contribution in [0.1, 0.15) is 38.2 Å². The lowest BCUT2D eigenvalue weighted by molar-refractivity contribution is -0.192. The number of H-pyrrole nitrogens is 1. The van der Waals surface area contributed by atoms with Gasteiger partial charge in [-0.3, -0.25) is 10.4 Å². The Morgan fingerprint density at radius 1 is 1.14 bits per heavy atom. The molecule has 0 aliphatic heterocycles. The van der Waals surface area contributed by atoms with Crippen molar-refractivity contribution in [3.8, 4) is 0 Å². The van der Waals surface area contributed by atoms with Crippen molar-refractivity contribution < 1.29 is 47.3 Å². The summed E-state index contributed by atoms with van der Waals surface area (Å²) < 4.78 is 36.9. The number of aromatic nitrogens is 3. The minimum absolute atomic E-state index is 0.0338. The van der Waals surface area contributed by atoms with Crippen LogP contribution in [0, 0.1) is 5.92 Å². The SMILES string of the molecule is CC(C)COC(=O)N[C@@](N=C=O)(C(=O)O)C(CCCNc1ccccn1)c1ccc2[nH]ncc2c1.O=C(O)C(F)(F)F. The number of pyridine rings is 1. The van der Waals surface area contributed by atoms with E-state index >= 15 is 0 Å². The number of halogens is 3. The first-order valence-corrected chi connectivity index (χ1v) is 12.5. The van der Waals surface area contributed by atoms with E-state index < -0.39 is 35.8 Å². The van der Waals surface area contributed by atoms with E-state index in [0.717, 1.165) is 10.9 Å². The number of nitrogens with one attached hydrogen (secondary N) is 3. The molecule has 2 aromatic heterocycles. The second-order valence-corrected chi connectivity index (χ2v) is 9.25. The number of nitrogens with zero attached hydrogens (tertiary/aromatic N) is 3. The summed E-state index contributed by atoms with van der Waals surface area (Å²) in [5, 5.41) is 30.5. The fourth-order valence-corrected chi connectivity index (χ4v) is 3.73. The maximum atomic E-state index is 12.6. The molecule has 3 rings (SSSR count). The molecule has 0 bridgehead atoms. The summed E-state index contributed by atoms with van der Waals surface area (Å²) in [6.07, 6.45) is -0.727. The van der Waals surface area contributed by atoms with Gasteiger partial charge >= 0.3 is 24.2 Å². The van der Waals surface area contributed by atoms with Crippen LogP contribution in [0.15, 0.2) is 53.8 Å². The molecule has 0 spiro atoms. The molecule has 5 N–H and O–H groups in total. The van der Waals surface area contributed by atoms with Crippen LogP contribution in [-0.4, -0.2) is 74.5 Å². The molecule has 0 radical (unpaired) electrons. The third-order valence-corrected chi connectivity index (χ3v) is 5.64. The number of alkyl carbamates (subject to hydrolysis) is 1. The number of alkyl halides is 3. The van der Waals surface area contributed by atoms with E-state index in [2.05, 4.69) is 30.8 Å². The molecule has 0 aliphatic rings. The summed E-state index contributed by atoms with van der Waals surface area (Å²) in [6, 6.07) is 10.7. The van der Waals surface area contributed by atoms with Crippen LogP contribution in [0.2, 0.25) is 0 Å². The van der Waals surface area contributed by atoms with Crippen molar-refractivity contribution in [2.45, 2.75) is 44.4 Å². The molecular weight excluding hydrogens is 565 g/mol. The number of anilines is 1. The van der Waals surface area contributed by atoms with Crippen LogP contribution in [0.3, 0.4) is 0 Å². The summed E-state index contributed by atoms with van der Waals surface area (Å²) in [7, 11) is 0. The van der Waals surface area contributed by atoms with E-state index in [1.165, 1.54) is 6.08 Å². The Labute approximate surface area is 237 Å². The molecule has 226 valence electrons. The number of carboxylic acids is 2. The molecule has 13 nitrogen and oxygen atoms in total. The van der Waals surface area contributed by atoms with Crippen molar-refractivity contribution in [2.24, 2.45) is 10.9 Å². The normalized spacial score (nSPS) is 13.1. The third kappa shape index (κ3) is 9.59. The molecule has 1 aromatic carbocycles. The number of ether oxygens (including phenoxy) is 1. The lowest BCUT2D eigenvalue weighted by atomic mass is 9.82. The molecule has 2 atom stereocenters. The van der Waals surface area contributed by atoms with Crippen molar-refractivity contribution in [1.29, 1.82) is 0 Å². The third-order valence-electron chi connectivity index (χ3n) is 5.64. The number of aliphatic carboxylic acids is 2. The number of aliphatic imine (C=N–C) groups is 1. The maximum absolute atomic E-state index is 12.6. The van der Waals surface area contributed by atoms with Crippen molar-refractivity contribution in [1.82, 2.24) is 20.5 Å². The fraction of sp³-hybridized carbons (Fsp3) is 0.385. The highest BCUT2D eigenvalue weighted by Crippen LogP contribution is 2.36. The van der Waals surface area contributed by atoms with Gasteiger partial charge in [0.05, 0.1) is 18.3 Å². The zero-order valence-corrected chi connectivity index (χ0v) is 22.5. The van der Waals surface area contributed by atoms with Crippen LogP contribution in [0.4, 0.5) is 23.8 Å². The van der Waals surface area contributed by atoms with Gasteiger partial charge in [0.2, 0.25) is 6.08 Å². The topological polar surface area (TPSA) is 196 Å². The zero-order chi connectivity index (χ0) is 31.3. The summed E-state index contributed by atoms with van der Waals surface area (Å²) in [5.74, 6) is -4.47. The summed E-state index contributed by atoms with van der Waals surface area (Å²) >= 11 is 0. The average Bonchev–Trinajstić information content (AvgIpc) is 3.40. The summed E-state index contributed by atoms with van der Waals surface area (Å²) in [6.45, 7) is 4.24. The van der Waals surface area contributed by atoms with Gasteiger partial charge in [0, 0.05) is 24.0 Å². The predicted octanol–water partition coefficient (Wildman–Crippen LogP) is 4.07. The highest BCUT2D eigenvalue weighted by Gasteiger charge is 2.49. The van der Waals surface area contributed by atoms with Crippen molar-refractivity contribution in [3.63, 3.8) is 0 Å². The molecule has 0 aliphatic carbocycles. The molecule has 42 heavy (non-hydrogen) atoms. The highest BCUT2D eigenvalue weighted by atomic mass is 19.4. The Morgan fingerprint density at radius 3 is 2.43 bits per heavy atom. The van der Waals surface area contributed by atoms with Gasteiger partial charge in [-0.2, -0.15) is 23.3 Å². The largest absolute Gasteiger partial charge is 0.490 e. The number of fused-ring (bicyclic) bond motifs is 1. The van der Waals surface area contributed by atoms with E-state index in [1.54, 1.807) is 36.7 Å². The lowest BCUT2D eigenvalue weighted by Gasteiger charge is -2.33. The van der Waals surface area contributed by atoms with E-state index in [9.17, 15) is 32.7 Å². The molecule has 2 heterocycles. The Morgan fingerprint density at radius 2 is 1.86 bits per heavy atom. The second kappa shape index (κ2) is 15.1. The van der Waals surface area contributed by atoms with Crippen LogP contribution in [-0.2, 0) is 19.1 Å². The summed E-state index contributed by atoms with van der Waals surface area (Å²) in [5.41, 5.74) is -1.01. The van der Waals surface area contributed by atoms with E-state index in [0.29, 0.717) is 24.3 Å². The number of carbonyl (C=O) groups excluding carboxylic acids is 2. The Balaban J connectivity index is 0.000000782. The van der Waals surface area contributed by atoms with Crippen molar-refractivity contribution in [3.05, 3.63) is 54.4 Å². The number of benzene rings is 1. The van der Waals surface area contributed by atoms with Gasteiger partial charge in [-0.1, -0.05) is 26.0 Å². The first-order chi connectivity index (χ1) is 19.8. The lowest BCUT2D eigenvalue weighted by Crippen LogP contribution is -2.57. The number of isocyanates is 1. The van der Waals surface area contributed by atoms with Crippen LogP contribution >= 0.6 is 0 Å². The average molecular weight is 595 g/mol. The maximum Gasteiger partial charge on any atom is 0.490 e. The zero-order valence-electron chi connectivity index (χ0n) is 22.5. The van der Waals surface area contributed by atoms with Crippen molar-refractivity contribution in [2.75, 3.05) is 18.5 Å². The predicted molar refractivity (Wildman–Crippen MR) is 142 cm³/mol. The van der Waals surface area contributed by atoms with E-state index in [-0.39, 0.29) is 18.9 Å². The minimum Gasteiger partial charge on any atom is -0.478 e. The molecule has 16 heteroatoms. The summed E-state index contributed by atoms with van der Waals surface area (Å²) in [4.78, 5) is 53.3. The van der Waals surface area contributed by atoms with Gasteiger partial charge in [0.25, 0.3) is 5.66 Å². The quantitative estimate of drug-likeness (QED) is 0.116. The van der Waals surface area contributed by atoms with Gasteiger partial charge < -0.3 is 20.3 Å². The van der Waals surface area contributed by atoms with Gasteiger partial charge in [-0.25, -0.2) is 24.2 Å². The number of carboxylic acid groups (broad SMARTS) is 2. The van der Waals surface area contributed by atoms with Gasteiger partial charge in [-0.05, 0) is 48.6 Å². The molecule has 3 aromatic rings. The fourth-order valence-electron chi connectivity index (χ4n) is 3.73. The molecule has 0 saturated heterocycles. The van der Waals surface area contributed by atoms with Gasteiger partial charge in [0.1, 0.15) is 5.82 Å². The second-order valence-electron chi connectivity index (χ2n) is 9.25. The Bertz CT molecular complexity index is 1390. The molecule has 0 fully saturated rings. The molecule has 1 amide bonds. The molecular formula is C26H29F3N6O7. The Hall–Kier alpha value is -4.98. The highest BCUT2D eigenvalue weighted by molar-refractivity contribution is 5.87.